The number of carbonyl (C=O) groups excluding carboxylic acids is 1. The highest BCUT2D eigenvalue weighted by Gasteiger charge is 2.24. The van der Waals surface area contributed by atoms with Gasteiger partial charge in [0.1, 0.15) is 10.0 Å². The third-order valence-electron chi connectivity index (χ3n) is 4.67. The molecule has 0 saturated carbocycles. The van der Waals surface area contributed by atoms with E-state index in [0.29, 0.717) is 11.7 Å². The predicted octanol–water partition coefficient (Wildman–Crippen LogP) is 4.71. The van der Waals surface area contributed by atoms with Crippen LogP contribution < -0.4 is 10.6 Å². The van der Waals surface area contributed by atoms with E-state index in [9.17, 15) is 4.79 Å². The Bertz CT molecular complexity index is 1220. The molecule has 1 amide bonds. The number of hydrogen-bond acceptors (Lipinski definition) is 5. The molecule has 0 bridgehead atoms. The molecule has 3 aromatic heterocycles. The van der Waals surface area contributed by atoms with Gasteiger partial charge in [0.25, 0.3) is 5.91 Å². The normalized spacial score (nSPS) is 16.7. The number of thiophene rings is 1. The fourth-order valence-corrected chi connectivity index (χ4v) is 4.68. The summed E-state index contributed by atoms with van der Waals surface area (Å²) in [6.07, 6.45) is 0. The molecular formula is C20H15ClN4OS. The summed E-state index contributed by atoms with van der Waals surface area (Å²) in [7, 11) is 0. The maximum absolute atomic E-state index is 12.5. The van der Waals surface area contributed by atoms with Crippen molar-refractivity contribution >= 4 is 55.5 Å². The van der Waals surface area contributed by atoms with Crippen molar-refractivity contribution in [3.63, 3.8) is 0 Å². The van der Waals surface area contributed by atoms with Crippen molar-refractivity contribution in [3.05, 3.63) is 52.5 Å². The number of nitrogens with one attached hydrogen (secondary N) is 2. The highest BCUT2D eigenvalue weighted by atomic mass is 35.5. The van der Waals surface area contributed by atoms with Crippen molar-refractivity contribution in [1.29, 1.82) is 0 Å². The summed E-state index contributed by atoms with van der Waals surface area (Å²) in [5, 5.41) is 8.97. The molecule has 0 radical (unpaired) electrons. The number of nitrogens with zero attached hydrogens (tertiary/aromatic N) is 2. The molecule has 0 aliphatic carbocycles. The first-order valence-corrected chi connectivity index (χ1v) is 9.83. The van der Waals surface area contributed by atoms with Crippen LogP contribution in [0, 0.1) is 0 Å². The van der Waals surface area contributed by atoms with Crippen LogP contribution >= 0.6 is 22.9 Å². The number of anilines is 1. The quantitative estimate of drug-likeness (QED) is 0.459. The summed E-state index contributed by atoms with van der Waals surface area (Å²) < 4.78 is 1.07. The smallest absolute Gasteiger partial charge is 0.263 e. The van der Waals surface area contributed by atoms with E-state index in [4.69, 9.17) is 16.6 Å². The van der Waals surface area contributed by atoms with Crippen LogP contribution in [-0.4, -0.2) is 28.5 Å². The first kappa shape index (κ1) is 16.5. The van der Waals surface area contributed by atoms with Crippen molar-refractivity contribution in [2.45, 2.75) is 13.0 Å². The Morgan fingerprint density at radius 2 is 1.96 bits per heavy atom. The van der Waals surface area contributed by atoms with E-state index in [2.05, 4.69) is 15.6 Å². The monoisotopic (exact) mass is 394 g/mol. The molecule has 0 fully saturated rings. The molecule has 1 aliphatic rings. The predicted molar refractivity (Wildman–Crippen MR) is 111 cm³/mol. The molecule has 0 spiro atoms. The number of carbonyl (C=O) groups is 1. The average Bonchev–Trinajstić information content (AvgIpc) is 2.98. The summed E-state index contributed by atoms with van der Waals surface area (Å²) >= 11 is 7.52. The van der Waals surface area contributed by atoms with Gasteiger partial charge in [0.15, 0.2) is 0 Å². The van der Waals surface area contributed by atoms with E-state index >= 15 is 0 Å². The van der Waals surface area contributed by atoms with Crippen molar-refractivity contribution < 1.29 is 4.79 Å². The van der Waals surface area contributed by atoms with Crippen LogP contribution in [0.15, 0.2) is 42.5 Å². The molecule has 0 unspecified atom stereocenters. The maximum Gasteiger partial charge on any atom is 0.263 e. The van der Waals surface area contributed by atoms with E-state index < -0.39 is 0 Å². The van der Waals surface area contributed by atoms with Crippen LogP contribution in [0.3, 0.4) is 0 Å². The lowest BCUT2D eigenvalue weighted by molar-refractivity contribution is 0.0949. The fourth-order valence-electron chi connectivity index (χ4n) is 3.42. The largest absolute Gasteiger partial charge is 0.381 e. The Balaban J connectivity index is 1.73. The molecule has 0 saturated heterocycles. The minimum absolute atomic E-state index is 0.0236. The number of benzene rings is 1. The van der Waals surface area contributed by atoms with E-state index in [1.807, 2.05) is 43.3 Å². The molecule has 4 heterocycles. The number of rotatable bonds is 1. The highest BCUT2D eigenvalue weighted by Crippen LogP contribution is 2.41. The average molecular weight is 395 g/mol. The van der Waals surface area contributed by atoms with Gasteiger partial charge in [-0.25, -0.2) is 9.97 Å². The van der Waals surface area contributed by atoms with E-state index in [0.717, 1.165) is 42.9 Å². The molecule has 5 nitrogen and oxygen atoms in total. The molecule has 1 aliphatic heterocycles. The zero-order chi connectivity index (χ0) is 18.5. The molecule has 4 aromatic rings. The minimum atomic E-state index is -0.0236. The fraction of sp³-hybridized carbons (Fsp3) is 0.150. The topological polar surface area (TPSA) is 66.9 Å². The summed E-state index contributed by atoms with van der Waals surface area (Å²) in [6.45, 7) is 2.69. The molecule has 2 N–H and O–H groups in total. The van der Waals surface area contributed by atoms with Gasteiger partial charge in [-0.1, -0.05) is 17.7 Å². The van der Waals surface area contributed by atoms with E-state index in [1.54, 1.807) is 6.07 Å². The van der Waals surface area contributed by atoms with Gasteiger partial charge in [-0.3, -0.25) is 4.79 Å². The Morgan fingerprint density at radius 1 is 1.11 bits per heavy atom. The summed E-state index contributed by atoms with van der Waals surface area (Å²) in [6, 6.07) is 13.6. The third kappa shape index (κ3) is 2.72. The van der Waals surface area contributed by atoms with Crippen LogP contribution in [0.5, 0.6) is 0 Å². The first-order chi connectivity index (χ1) is 13.1. The second-order valence-corrected chi connectivity index (χ2v) is 8.05. The van der Waals surface area contributed by atoms with Crippen molar-refractivity contribution in [1.82, 2.24) is 15.3 Å². The lowest BCUT2D eigenvalue weighted by Gasteiger charge is -2.10. The number of pyridine rings is 2. The molecule has 1 atom stereocenters. The Hall–Kier alpha value is -2.70. The SMILES string of the molecule is C[C@@H]1CNc2c(sc3ccc4nc(-c5cccc(Cl)n5)ccc4c23)C(=O)N1. The summed E-state index contributed by atoms with van der Waals surface area (Å²) in [5.74, 6) is -0.0236. The molecule has 5 rings (SSSR count). The number of halogens is 1. The molecule has 1 aromatic carbocycles. The maximum atomic E-state index is 12.5. The number of aromatic nitrogens is 2. The van der Waals surface area contributed by atoms with Gasteiger partial charge in [0.2, 0.25) is 0 Å². The van der Waals surface area contributed by atoms with Gasteiger partial charge < -0.3 is 10.6 Å². The Labute approximate surface area is 164 Å². The molecule has 27 heavy (non-hydrogen) atoms. The van der Waals surface area contributed by atoms with E-state index in [-0.39, 0.29) is 11.9 Å². The van der Waals surface area contributed by atoms with Crippen LogP contribution in [0.4, 0.5) is 5.69 Å². The second-order valence-electron chi connectivity index (χ2n) is 6.61. The minimum Gasteiger partial charge on any atom is -0.381 e. The third-order valence-corrected chi connectivity index (χ3v) is 6.03. The highest BCUT2D eigenvalue weighted by molar-refractivity contribution is 7.21. The zero-order valence-electron chi connectivity index (χ0n) is 14.4. The van der Waals surface area contributed by atoms with Gasteiger partial charge in [-0.15, -0.1) is 11.3 Å². The van der Waals surface area contributed by atoms with Crippen LogP contribution in [0.25, 0.3) is 32.4 Å². The number of hydrogen-bond donors (Lipinski definition) is 2. The Kier molecular flexibility index (Phi) is 3.77. The van der Waals surface area contributed by atoms with Gasteiger partial charge >= 0.3 is 0 Å². The van der Waals surface area contributed by atoms with Gasteiger partial charge in [0, 0.05) is 28.1 Å². The van der Waals surface area contributed by atoms with E-state index in [1.165, 1.54) is 11.3 Å². The second kappa shape index (κ2) is 6.18. The number of fused-ring (bicyclic) bond motifs is 5. The lowest BCUT2D eigenvalue weighted by atomic mass is 10.1. The summed E-state index contributed by atoms with van der Waals surface area (Å²) in [4.78, 5) is 22.4. The van der Waals surface area contributed by atoms with Crippen molar-refractivity contribution in [3.8, 4) is 11.4 Å². The van der Waals surface area contributed by atoms with Crippen molar-refractivity contribution in [2.75, 3.05) is 11.9 Å². The standard InChI is InChI=1S/C20H15ClN4OS/c1-10-9-22-18-17-11-5-6-14(13-3-2-4-16(21)25-13)24-12(11)7-8-15(17)27-19(18)20(26)23-10/h2-8,10,22H,9H2,1H3,(H,23,26)/t10-/m1/s1. The van der Waals surface area contributed by atoms with Crippen LogP contribution in [-0.2, 0) is 0 Å². The molecule has 134 valence electrons. The van der Waals surface area contributed by atoms with Crippen LogP contribution in [0.2, 0.25) is 5.15 Å². The lowest BCUT2D eigenvalue weighted by Crippen LogP contribution is -2.34. The first-order valence-electron chi connectivity index (χ1n) is 8.64. The van der Waals surface area contributed by atoms with Crippen LogP contribution in [0.1, 0.15) is 16.6 Å². The number of amides is 1. The summed E-state index contributed by atoms with van der Waals surface area (Å²) in [5.41, 5.74) is 3.27. The zero-order valence-corrected chi connectivity index (χ0v) is 16.0. The van der Waals surface area contributed by atoms with Gasteiger partial charge in [-0.2, -0.15) is 0 Å². The van der Waals surface area contributed by atoms with Crippen molar-refractivity contribution in [2.24, 2.45) is 0 Å². The van der Waals surface area contributed by atoms with Gasteiger partial charge in [0.05, 0.1) is 22.6 Å². The molecule has 7 heteroatoms. The molecular weight excluding hydrogens is 380 g/mol. The van der Waals surface area contributed by atoms with Gasteiger partial charge in [-0.05, 0) is 43.3 Å². The Morgan fingerprint density at radius 3 is 2.81 bits per heavy atom.